The third-order valence-electron chi connectivity index (χ3n) is 2.03. The van der Waals surface area contributed by atoms with Gasteiger partial charge in [0, 0.05) is 5.02 Å². The van der Waals surface area contributed by atoms with Crippen molar-refractivity contribution in [2.24, 2.45) is 0 Å². The van der Waals surface area contributed by atoms with E-state index in [0.29, 0.717) is 11.6 Å². The molecule has 2 aromatic rings. The van der Waals surface area contributed by atoms with Crippen molar-refractivity contribution >= 4 is 23.2 Å². The van der Waals surface area contributed by atoms with Crippen LogP contribution in [0, 0.1) is 5.82 Å². The van der Waals surface area contributed by atoms with Crippen LogP contribution in [-0.4, -0.2) is 21.6 Å². The van der Waals surface area contributed by atoms with Crippen LogP contribution in [-0.2, 0) is 0 Å². The minimum absolute atomic E-state index is 0.0573. The molecule has 0 bridgehead atoms. The van der Waals surface area contributed by atoms with Gasteiger partial charge in [-0.05, 0) is 36.7 Å². The number of aromatic nitrogens is 3. The summed E-state index contributed by atoms with van der Waals surface area (Å²) in [6.45, 7) is 2.16. The van der Waals surface area contributed by atoms with Gasteiger partial charge in [-0.25, -0.2) is 4.39 Å². The Morgan fingerprint density at radius 2 is 2.00 bits per heavy atom. The number of nitrogens with zero attached hydrogens (tertiary/aromatic N) is 3. The van der Waals surface area contributed by atoms with Crippen LogP contribution in [0.5, 0.6) is 6.01 Å². The topological polar surface area (TPSA) is 47.9 Å². The maximum Gasteiger partial charge on any atom is 0.321 e. The van der Waals surface area contributed by atoms with Gasteiger partial charge in [0.15, 0.2) is 5.82 Å². The van der Waals surface area contributed by atoms with Crippen molar-refractivity contribution in [1.29, 1.82) is 0 Å². The molecule has 1 heterocycles. The summed E-state index contributed by atoms with van der Waals surface area (Å²) < 4.78 is 18.8. The van der Waals surface area contributed by atoms with E-state index in [1.54, 1.807) is 6.92 Å². The van der Waals surface area contributed by atoms with Crippen LogP contribution in [0.3, 0.4) is 0 Å². The normalized spacial score (nSPS) is 10.4. The summed E-state index contributed by atoms with van der Waals surface area (Å²) in [6, 6.07) is 4.24. The molecular weight excluding hydrogens is 280 g/mol. The van der Waals surface area contributed by atoms with Crippen molar-refractivity contribution in [3.8, 4) is 17.4 Å². The summed E-state index contributed by atoms with van der Waals surface area (Å²) in [6.07, 6.45) is 0. The monoisotopic (exact) mass is 287 g/mol. The summed E-state index contributed by atoms with van der Waals surface area (Å²) in [4.78, 5) is 11.6. The molecule has 0 aliphatic carbocycles. The molecule has 2 rings (SSSR count). The molecule has 7 heteroatoms. The highest BCUT2D eigenvalue weighted by atomic mass is 35.5. The molecule has 94 valence electrons. The highest BCUT2D eigenvalue weighted by Gasteiger charge is 2.12. The van der Waals surface area contributed by atoms with E-state index in [0.717, 1.165) is 0 Å². The van der Waals surface area contributed by atoms with Gasteiger partial charge >= 0.3 is 6.01 Å². The highest BCUT2D eigenvalue weighted by molar-refractivity contribution is 6.30. The van der Waals surface area contributed by atoms with Crippen LogP contribution in [0.2, 0.25) is 10.3 Å². The molecule has 18 heavy (non-hydrogen) atoms. The molecule has 0 spiro atoms. The van der Waals surface area contributed by atoms with Gasteiger partial charge in [-0.15, -0.1) is 0 Å². The van der Waals surface area contributed by atoms with E-state index >= 15 is 0 Å². The standard InChI is InChI=1S/C11H8Cl2FN3O/c1-2-18-11-16-9(15-10(13)17-11)7-4-3-6(12)5-8(7)14/h3-5H,2H2,1H3. The summed E-state index contributed by atoms with van der Waals surface area (Å²) in [5, 5.41) is 0.235. The maximum atomic E-state index is 13.7. The molecule has 0 atom stereocenters. The lowest BCUT2D eigenvalue weighted by Gasteiger charge is -2.05. The summed E-state index contributed by atoms with van der Waals surface area (Å²) in [7, 11) is 0. The minimum atomic E-state index is -0.535. The quantitative estimate of drug-likeness (QED) is 0.868. The number of hydrogen-bond acceptors (Lipinski definition) is 4. The first-order valence-electron chi connectivity index (χ1n) is 5.10. The van der Waals surface area contributed by atoms with Gasteiger partial charge in [-0.2, -0.15) is 15.0 Å². The third-order valence-corrected chi connectivity index (χ3v) is 2.44. The molecule has 0 fully saturated rings. The summed E-state index contributed by atoms with van der Waals surface area (Å²) >= 11 is 11.4. The first kappa shape index (κ1) is 13.0. The molecule has 1 aromatic carbocycles. The maximum absolute atomic E-state index is 13.7. The highest BCUT2D eigenvalue weighted by Crippen LogP contribution is 2.24. The second kappa shape index (κ2) is 5.46. The second-order valence-electron chi connectivity index (χ2n) is 3.27. The predicted molar refractivity (Wildman–Crippen MR) is 66.4 cm³/mol. The Bertz CT molecular complexity index is 580. The molecule has 0 aliphatic heterocycles. The van der Waals surface area contributed by atoms with Crippen LogP contribution in [0.25, 0.3) is 11.4 Å². The van der Waals surface area contributed by atoms with E-state index in [4.69, 9.17) is 27.9 Å². The molecule has 0 amide bonds. The molecule has 4 nitrogen and oxygen atoms in total. The third kappa shape index (κ3) is 2.86. The predicted octanol–water partition coefficient (Wildman–Crippen LogP) is 3.38. The van der Waals surface area contributed by atoms with Crippen molar-refractivity contribution in [3.63, 3.8) is 0 Å². The van der Waals surface area contributed by atoms with Gasteiger partial charge in [0.1, 0.15) is 5.82 Å². The van der Waals surface area contributed by atoms with E-state index in [1.165, 1.54) is 18.2 Å². The lowest BCUT2D eigenvalue weighted by atomic mass is 10.2. The van der Waals surface area contributed by atoms with Crippen LogP contribution in [0.4, 0.5) is 4.39 Å². The van der Waals surface area contributed by atoms with E-state index in [2.05, 4.69) is 15.0 Å². The summed E-state index contributed by atoms with van der Waals surface area (Å²) in [5.41, 5.74) is 0.185. The van der Waals surface area contributed by atoms with Crippen molar-refractivity contribution in [2.45, 2.75) is 6.92 Å². The average molecular weight is 288 g/mol. The fourth-order valence-electron chi connectivity index (χ4n) is 1.32. The van der Waals surface area contributed by atoms with Gasteiger partial charge in [0.05, 0.1) is 12.2 Å². The Morgan fingerprint density at radius 1 is 1.22 bits per heavy atom. The lowest BCUT2D eigenvalue weighted by Crippen LogP contribution is -2.02. The van der Waals surface area contributed by atoms with E-state index in [1.807, 2.05) is 0 Å². The van der Waals surface area contributed by atoms with Crippen molar-refractivity contribution in [3.05, 3.63) is 34.3 Å². The molecular formula is C11H8Cl2FN3O. The Balaban J connectivity index is 2.49. The number of rotatable bonds is 3. The molecule has 0 saturated heterocycles. The first-order chi connectivity index (χ1) is 8.60. The average Bonchev–Trinajstić information content (AvgIpc) is 2.28. The molecule has 0 aliphatic rings. The number of benzene rings is 1. The Kier molecular flexibility index (Phi) is 3.93. The smallest absolute Gasteiger partial charge is 0.321 e. The van der Waals surface area contributed by atoms with Gasteiger partial charge < -0.3 is 4.74 Å². The SMILES string of the molecule is CCOc1nc(Cl)nc(-c2ccc(Cl)cc2F)n1. The zero-order chi connectivity index (χ0) is 13.1. The van der Waals surface area contributed by atoms with Crippen molar-refractivity contribution in [2.75, 3.05) is 6.61 Å². The largest absolute Gasteiger partial charge is 0.464 e. The first-order valence-corrected chi connectivity index (χ1v) is 5.85. The van der Waals surface area contributed by atoms with Crippen LogP contribution in [0.15, 0.2) is 18.2 Å². The van der Waals surface area contributed by atoms with Gasteiger partial charge in [0.2, 0.25) is 5.28 Å². The van der Waals surface area contributed by atoms with Gasteiger partial charge in [0.25, 0.3) is 0 Å². The minimum Gasteiger partial charge on any atom is -0.464 e. The van der Waals surface area contributed by atoms with Crippen LogP contribution >= 0.6 is 23.2 Å². The number of ether oxygens (including phenoxy) is 1. The van der Waals surface area contributed by atoms with Crippen molar-refractivity contribution in [1.82, 2.24) is 15.0 Å². The van der Waals surface area contributed by atoms with E-state index in [-0.39, 0.29) is 22.7 Å². The molecule has 1 aromatic heterocycles. The molecule has 0 radical (unpaired) electrons. The number of hydrogen-bond donors (Lipinski definition) is 0. The fourth-order valence-corrected chi connectivity index (χ4v) is 1.63. The van der Waals surface area contributed by atoms with Crippen LogP contribution in [0.1, 0.15) is 6.92 Å². The van der Waals surface area contributed by atoms with Crippen molar-refractivity contribution < 1.29 is 9.13 Å². The van der Waals surface area contributed by atoms with Gasteiger partial charge in [-0.1, -0.05) is 11.6 Å². The lowest BCUT2D eigenvalue weighted by molar-refractivity contribution is 0.312. The Morgan fingerprint density at radius 3 is 2.67 bits per heavy atom. The zero-order valence-electron chi connectivity index (χ0n) is 9.32. The van der Waals surface area contributed by atoms with E-state index < -0.39 is 5.82 Å². The molecule has 0 N–H and O–H groups in total. The second-order valence-corrected chi connectivity index (χ2v) is 4.04. The van der Waals surface area contributed by atoms with E-state index in [9.17, 15) is 4.39 Å². The zero-order valence-corrected chi connectivity index (χ0v) is 10.8. The van der Waals surface area contributed by atoms with Crippen LogP contribution < -0.4 is 4.74 Å². The molecule has 0 unspecified atom stereocenters. The Labute approximate surface area is 113 Å². The molecule has 0 saturated carbocycles. The Hall–Kier alpha value is -1.46. The number of halogens is 3. The van der Waals surface area contributed by atoms with Gasteiger partial charge in [-0.3, -0.25) is 0 Å². The summed E-state index contributed by atoms with van der Waals surface area (Å²) in [5.74, 6) is -0.431. The fraction of sp³-hybridized carbons (Fsp3) is 0.182.